The number of para-hydroxylation sites is 1. The molecule has 6 nitrogen and oxygen atoms in total. The Labute approximate surface area is 146 Å². The van der Waals surface area contributed by atoms with Crippen LogP contribution < -0.4 is 5.32 Å². The molecule has 1 aliphatic heterocycles. The summed E-state index contributed by atoms with van der Waals surface area (Å²) in [6.45, 7) is 1.10. The van der Waals surface area contributed by atoms with Crippen molar-refractivity contribution in [2.75, 3.05) is 11.9 Å². The molecule has 0 bridgehead atoms. The highest BCUT2D eigenvalue weighted by molar-refractivity contribution is 5.72. The van der Waals surface area contributed by atoms with E-state index in [4.69, 9.17) is 4.74 Å². The summed E-state index contributed by atoms with van der Waals surface area (Å²) in [4.78, 5) is 0. The smallest absolute Gasteiger partial charge is 0.154 e. The van der Waals surface area contributed by atoms with Gasteiger partial charge in [-0.3, -0.25) is 0 Å². The minimum absolute atomic E-state index is 0.00468. The molecule has 1 fully saturated rings. The van der Waals surface area contributed by atoms with Gasteiger partial charge in [0.15, 0.2) is 5.82 Å². The molecule has 1 saturated carbocycles. The highest BCUT2D eigenvalue weighted by Gasteiger charge is 2.27. The number of aromatic nitrogens is 2. The molecule has 6 heteroatoms. The third-order valence-corrected chi connectivity index (χ3v) is 5.14. The van der Waals surface area contributed by atoms with E-state index < -0.39 is 0 Å². The average molecular weight is 341 g/mol. The van der Waals surface area contributed by atoms with Gasteiger partial charge >= 0.3 is 0 Å². The molecule has 132 valence electrons. The van der Waals surface area contributed by atoms with E-state index in [2.05, 4.69) is 15.5 Å². The van der Waals surface area contributed by atoms with Crippen LogP contribution in [-0.4, -0.2) is 39.2 Å². The van der Waals surface area contributed by atoms with Crippen LogP contribution in [0.5, 0.6) is 5.75 Å². The van der Waals surface area contributed by atoms with Gasteiger partial charge in [-0.05, 0) is 37.0 Å². The number of anilines is 1. The average Bonchev–Trinajstić information content (AvgIpc) is 2.65. The number of benzene rings is 1. The fourth-order valence-electron chi connectivity index (χ4n) is 3.74. The lowest BCUT2D eigenvalue weighted by molar-refractivity contribution is 0.108. The second kappa shape index (κ2) is 6.98. The fraction of sp³-hybridized carbons (Fsp3) is 0.474. The second-order valence-corrected chi connectivity index (χ2v) is 6.78. The van der Waals surface area contributed by atoms with Gasteiger partial charge in [0.25, 0.3) is 0 Å². The zero-order valence-corrected chi connectivity index (χ0v) is 14.1. The van der Waals surface area contributed by atoms with Gasteiger partial charge in [0, 0.05) is 11.1 Å². The van der Waals surface area contributed by atoms with Crippen LogP contribution in [0.2, 0.25) is 0 Å². The molecule has 0 radical (unpaired) electrons. The number of nitrogens with one attached hydrogen (secondary N) is 1. The Hall–Kier alpha value is -2.18. The number of phenols is 1. The van der Waals surface area contributed by atoms with E-state index in [-0.39, 0.29) is 17.9 Å². The first-order chi connectivity index (χ1) is 12.2. The Morgan fingerprint density at radius 3 is 2.76 bits per heavy atom. The van der Waals surface area contributed by atoms with Crippen LogP contribution in [0.1, 0.15) is 36.8 Å². The molecule has 1 aromatic heterocycles. The number of rotatable bonds is 3. The van der Waals surface area contributed by atoms with Gasteiger partial charge in [-0.25, -0.2) is 0 Å². The summed E-state index contributed by atoms with van der Waals surface area (Å²) in [6.07, 6.45) is 4.30. The van der Waals surface area contributed by atoms with Crippen molar-refractivity contribution in [3.05, 3.63) is 35.4 Å². The lowest BCUT2D eigenvalue weighted by atomic mass is 9.92. The Morgan fingerprint density at radius 1 is 1.08 bits per heavy atom. The van der Waals surface area contributed by atoms with Crippen LogP contribution >= 0.6 is 0 Å². The molecule has 25 heavy (non-hydrogen) atoms. The maximum Gasteiger partial charge on any atom is 0.154 e. The fourth-order valence-corrected chi connectivity index (χ4v) is 3.74. The summed E-state index contributed by atoms with van der Waals surface area (Å²) >= 11 is 0. The number of aromatic hydroxyl groups is 1. The molecule has 0 unspecified atom stereocenters. The third kappa shape index (κ3) is 3.19. The normalized spacial score (nSPS) is 23.1. The van der Waals surface area contributed by atoms with Crippen LogP contribution in [0, 0.1) is 0 Å². The Kier molecular flexibility index (Phi) is 4.55. The summed E-state index contributed by atoms with van der Waals surface area (Å²) in [5.41, 5.74) is 3.45. The van der Waals surface area contributed by atoms with Gasteiger partial charge < -0.3 is 20.3 Å². The number of aliphatic hydroxyl groups excluding tert-OH is 1. The van der Waals surface area contributed by atoms with Crippen molar-refractivity contribution >= 4 is 5.82 Å². The van der Waals surface area contributed by atoms with Gasteiger partial charge in [-0.15, -0.1) is 10.2 Å². The van der Waals surface area contributed by atoms with E-state index in [1.54, 1.807) is 12.1 Å². The van der Waals surface area contributed by atoms with E-state index in [9.17, 15) is 10.2 Å². The van der Waals surface area contributed by atoms with Gasteiger partial charge in [-0.2, -0.15) is 0 Å². The van der Waals surface area contributed by atoms with E-state index in [0.717, 1.165) is 43.2 Å². The summed E-state index contributed by atoms with van der Waals surface area (Å²) < 4.78 is 5.64. The van der Waals surface area contributed by atoms with Gasteiger partial charge in [0.1, 0.15) is 11.4 Å². The van der Waals surface area contributed by atoms with Gasteiger partial charge in [-0.1, -0.05) is 25.0 Å². The lowest BCUT2D eigenvalue weighted by Gasteiger charge is -2.30. The molecule has 3 N–H and O–H groups in total. The molecule has 2 atom stereocenters. The molecule has 0 spiro atoms. The number of ether oxygens (including phenoxy) is 1. The van der Waals surface area contributed by atoms with Crippen molar-refractivity contribution in [3.63, 3.8) is 0 Å². The first-order valence-electron chi connectivity index (χ1n) is 8.93. The number of aliphatic hydroxyl groups is 1. The first kappa shape index (κ1) is 16.3. The predicted octanol–water partition coefficient (Wildman–Crippen LogP) is 2.64. The SMILES string of the molecule is Oc1ccccc1-c1nnc(N[C@@H]2CCCC[C@H]2O)c2c1CCOC2. The van der Waals surface area contributed by atoms with Crippen LogP contribution in [-0.2, 0) is 17.8 Å². The second-order valence-electron chi connectivity index (χ2n) is 6.78. The topological polar surface area (TPSA) is 87.5 Å². The van der Waals surface area contributed by atoms with Crippen molar-refractivity contribution in [1.82, 2.24) is 10.2 Å². The minimum atomic E-state index is -0.353. The molecule has 4 rings (SSSR count). The summed E-state index contributed by atoms with van der Waals surface area (Å²) in [5.74, 6) is 0.897. The highest BCUT2D eigenvalue weighted by Crippen LogP contribution is 2.35. The Morgan fingerprint density at radius 2 is 1.92 bits per heavy atom. The zero-order valence-electron chi connectivity index (χ0n) is 14.1. The standard InChI is InChI=1S/C19H23N3O3/c23-16-7-3-1-5-13(16)18-12-9-10-25-11-14(12)19(22-21-18)20-15-6-2-4-8-17(15)24/h1,3,5,7,15,17,23-24H,2,4,6,8-11H2,(H,20,22)/t15-,17-/m1/s1. The van der Waals surface area contributed by atoms with E-state index in [0.29, 0.717) is 30.3 Å². The number of nitrogens with zero attached hydrogens (tertiary/aromatic N) is 2. The van der Waals surface area contributed by atoms with Crippen LogP contribution in [0.3, 0.4) is 0 Å². The highest BCUT2D eigenvalue weighted by atomic mass is 16.5. The minimum Gasteiger partial charge on any atom is -0.507 e. The number of phenolic OH excluding ortho intramolecular Hbond substituents is 1. The molecule has 1 aromatic carbocycles. The maximum atomic E-state index is 10.2. The van der Waals surface area contributed by atoms with Gasteiger partial charge in [0.2, 0.25) is 0 Å². The molecule has 2 aliphatic rings. The van der Waals surface area contributed by atoms with Crippen LogP contribution in [0.15, 0.2) is 24.3 Å². The van der Waals surface area contributed by atoms with E-state index >= 15 is 0 Å². The van der Waals surface area contributed by atoms with Crippen LogP contribution in [0.4, 0.5) is 5.82 Å². The third-order valence-electron chi connectivity index (χ3n) is 5.14. The van der Waals surface area contributed by atoms with Gasteiger partial charge in [0.05, 0.1) is 25.4 Å². The molecule has 1 aliphatic carbocycles. The summed E-state index contributed by atoms with van der Waals surface area (Å²) in [6, 6.07) is 7.19. The first-order valence-corrected chi connectivity index (χ1v) is 8.93. The number of hydrogen-bond donors (Lipinski definition) is 3. The molecule has 0 amide bonds. The predicted molar refractivity (Wildman–Crippen MR) is 94.4 cm³/mol. The van der Waals surface area contributed by atoms with Crippen molar-refractivity contribution in [3.8, 4) is 17.0 Å². The summed E-state index contributed by atoms with van der Waals surface area (Å²) in [5, 5.41) is 32.6. The Balaban J connectivity index is 1.72. The molecule has 2 heterocycles. The number of fused-ring (bicyclic) bond motifs is 1. The largest absolute Gasteiger partial charge is 0.507 e. The Bertz CT molecular complexity index is 766. The number of hydrogen-bond acceptors (Lipinski definition) is 6. The molecular formula is C19H23N3O3. The molecule has 2 aromatic rings. The van der Waals surface area contributed by atoms with Crippen molar-refractivity contribution in [2.24, 2.45) is 0 Å². The zero-order chi connectivity index (χ0) is 17.2. The van der Waals surface area contributed by atoms with Crippen molar-refractivity contribution in [1.29, 1.82) is 0 Å². The lowest BCUT2D eigenvalue weighted by Crippen LogP contribution is -2.37. The van der Waals surface area contributed by atoms with Crippen LogP contribution in [0.25, 0.3) is 11.3 Å². The van der Waals surface area contributed by atoms with Crippen molar-refractivity contribution in [2.45, 2.75) is 50.9 Å². The molecule has 0 saturated heterocycles. The maximum absolute atomic E-state index is 10.2. The quantitative estimate of drug-likeness (QED) is 0.795. The summed E-state index contributed by atoms with van der Waals surface area (Å²) in [7, 11) is 0. The monoisotopic (exact) mass is 341 g/mol. The molecular weight excluding hydrogens is 318 g/mol. The van der Waals surface area contributed by atoms with E-state index in [1.165, 1.54) is 0 Å². The van der Waals surface area contributed by atoms with Crippen molar-refractivity contribution < 1.29 is 14.9 Å². The van der Waals surface area contributed by atoms with E-state index in [1.807, 2.05) is 12.1 Å².